The second kappa shape index (κ2) is 6.56. The minimum absolute atomic E-state index is 0.103. The highest BCUT2D eigenvalue weighted by Crippen LogP contribution is 2.34. The van der Waals surface area contributed by atoms with E-state index in [1.807, 2.05) is 18.2 Å². The summed E-state index contributed by atoms with van der Waals surface area (Å²) in [7, 11) is 0. The number of nitrogens with zero attached hydrogens (tertiary/aromatic N) is 1. The first-order chi connectivity index (χ1) is 10.3. The molecule has 1 spiro atoms. The van der Waals surface area contributed by atoms with Crippen molar-refractivity contribution in [1.82, 2.24) is 15.6 Å². The smallest absolute Gasteiger partial charge is 0.226 e. The van der Waals surface area contributed by atoms with E-state index in [0.29, 0.717) is 18.0 Å². The van der Waals surface area contributed by atoms with Crippen LogP contribution in [0.5, 0.6) is 0 Å². The molecule has 1 saturated carbocycles. The molecule has 1 aromatic rings. The molecule has 2 heterocycles. The molecule has 1 aliphatic carbocycles. The van der Waals surface area contributed by atoms with Crippen LogP contribution in [0.15, 0.2) is 24.4 Å². The molecular weight excluding hydrogens is 262 g/mol. The molecule has 114 valence electrons. The zero-order valence-electron chi connectivity index (χ0n) is 12.6. The third-order valence-electron chi connectivity index (χ3n) is 4.87. The maximum atomic E-state index is 12.2. The lowest BCUT2D eigenvalue weighted by Crippen LogP contribution is -2.57. The summed E-state index contributed by atoms with van der Waals surface area (Å²) in [5, 5.41) is 6.94. The SMILES string of the molecule is O=C(Cc1ccccn1)NC1CCNC2(CCCCC2)C1. The molecule has 1 amide bonds. The molecule has 4 nitrogen and oxygen atoms in total. The molecule has 1 aromatic heterocycles. The Hall–Kier alpha value is -1.42. The number of nitrogens with one attached hydrogen (secondary N) is 2. The maximum Gasteiger partial charge on any atom is 0.226 e. The van der Waals surface area contributed by atoms with Crippen molar-refractivity contribution in [2.45, 2.75) is 62.9 Å². The Balaban J connectivity index is 1.53. The van der Waals surface area contributed by atoms with Crippen molar-refractivity contribution in [3.05, 3.63) is 30.1 Å². The zero-order chi connectivity index (χ0) is 14.5. The molecule has 0 bridgehead atoms. The summed E-state index contributed by atoms with van der Waals surface area (Å²) < 4.78 is 0. The van der Waals surface area contributed by atoms with Crippen molar-refractivity contribution in [3.63, 3.8) is 0 Å². The van der Waals surface area contributed by atoms with Gasteiger partial charge in [-0.1, -0.05) is 25.3 Å². The number of piperidine rings is 1. The van der Waals surface area contributed by atoms with Gasteiger partial charge in [0.05, 0.1) is 6.42 Å². The van der Waals surface area contributed by atoms with E-state index in [4.69, 9.17) is 0 Å². The highest BCUT2D eigenvalue weighted by atomic mass is 16.1. The van der Waals surface area contributed by atoms with E-state index in [0.717, 1.165) is 25.1 Å². The van der Waals surface area contributed by atoms with Crippen LogP contribution in [0.4, 0.5) is 0 Å². The summed E-state index contributed by atoms with van der Waals surface area (Å²) in [5.74, 6) is 0.103. The van der Waals surface area contributed by atoms with Gasteiger partial charge in [0, 0.05) is 23.5 Å². The number of hydrogen-bond donors (Lipinski definition) is 2. The normalized spacial score (nSPS) is 24.7. The molecule has 2 fully saturated rings. The van der Waals surface area contributed by atoms with E-state index < -0.39 is 0 Å². The molecule has 21 heavy (non-hydrogen) atoms. The van der Waals surface area contributed by atoms with E-state index >= 15 is 0 Å². The van der Waals surface area contributed by atoms with Gasteiger partial charge in [-0.15, -0.1) is 0 Å². The van der Waals surface area contributed by atoms with E-state index in [1.54, 1.807) is 6.20 Å². The number of amides is 1. The second-order valence-corrected chi connectivity index (χ2v) is 6.52. The summed E-state index contributed by atoms with van der Waals surface area (Å²) in [6, 6.07) is 6.03. The molecule has 3 rings (SSSR count). The van der Waals surface area contributed by atoms with E-state index in [1.165, 1.54) is 32.1 Å². The Morgan fingerprint density at radius 1 is 1.33 bits per heavy atom. The molecule has 1 unspecified atom stereocenters. The van der Waals surface area contributed by atoms with Crippen molar-refractivity contribution >= 4 is 5.91 Å². The molecule has 1 atom stereocenters. The fraction of sp³-hybridized carbons (Fsp3) is 0.647. The predicted octanol–water partition coefficient (Wildman–Crippen LogP) is 2.20. The Kier molecular flexibility index (Phi) is 4.54. The molecule has 0 radical (unpaired) electrons. The van der Waals surface area contributed by atoms with E-state index in [9.17, 15) is 4.79 Å². The number of aromatic nitrogens is 1. The van der Waals surface area contributed by atoms with Gasteiger partial charge >= 0.3 is 0 Å². The highest BCUT2D eigenvalue weighted by Gasteiger charge is 2.37. The molecule has 2 N–H and O–H groups in total. The second-order valence-electron chi connectivity index (χ2n) is 6.52. The lowest BCUT2D eigenvalue weighted by atomic mass is 9.75. The maximum absolute atomic E-state index is 12.2. The van der Waals surface area contributed by atoms with Gasteiger partial charge in [0.1, 0.15) is 0 Å². The average Bonchev–Trinajstić information content (AvgIpc) is 2.49. The largest absolute Gasteiger partial charge is 0.353 e. The highest BCUT2D eigenvalue weighted by molar-refractivity contribution is 5.78. The molecule has 4 heteroatoms. The summed E-state index contributed by atoms with van der Waals surface area (Å²) in [6.07, 6.45) is 10.8. The van der Waals surface area contributed by atoms with Crippen LogP contribution < -0.4 is 10.6 Å². The molecule has 1 saturated heterocycles. The number of pyridine rings is 1. The Morgan fingerprint density at radius 2 is 2.19 bits per heavy atom. The molecule has 2 aliphatic rings. The number of carbonyl (C=O) groups is 1. The van der Waals surface area contributed by atoms with Crippen LogP contribution in [0.1, 0.15) is 50.6 Å². The minimum atomic E-state index is 0.103. The number of carbonyl (C=O) groups excluding carboxylic acids is 1. The van der Waals surface area contributed by atoms with Gasteiger partial charge in [0.2, 0.25) is 5.91 Å². The average molecular weight is 287 g/mol. The van der Waals surface area contributed by atoms with Gasteiger partial charge < -0.3 is 10.6 Å². The number of rotatable bonds is 3. The summed E-state index contributed by atoms with van der Waals surface area (Å²) >= 11 is 0. The van der Waals surface area contributed by atoms with Gasteiger partial charge in [0.25, 0.3) is 0 Å². The van der Waals surface area contributed by atoms with Crippen molar-refractivity contribution < 1.29 is 4.79 Å². The summed E-state index contributed by atoms with van der Waals surface area (Å²) in [4.78, 5) is 16.4. The first-order valence-corrected chi connectivity index (χ1v) is 8.20. The van der Waals surface area contributed by atoms with Crippen LogP contribution >= 0.6 is 0 Å². The molecular formula is C17H25N3O. The van der Waals surface area contributed by atoms with E-state index in [-0.39, 0.29) is 5.91 Å². The van der Waals surface area contributed by atoms with Gasteiger partial charge in [-0.25, -0.2) is 0 Å². The van der Waals surface area contributed by atoms with Crippen molar-refractivity contribution in [3.8, 4) is 0 Å². The van der Waals surface area contributed by atoms with Gasteiger partial charge in [0.15, 0.2) is 0 Å². The van der Waals surface area contributed by atoms with Gasteiger partial charge in [-0.05, 0) is 44.4 Å². The van der Waals surface area contributed by atoms with Crippen molar-refractivity contribution in [1.29, 1.82) is 0 Å². The van der Waals surface area contributed by atoms with E-state index in [2.05, 4.69) is 15.6 Å². The van der Waals surface area contributed by atoms with Gasteiger partial charge in [-0.2, -0.15) is 0 Å². The van der Waals surface area contributed by atoms with Crippen LogP contribution in [0.2, 0.25) is 0 Å². The number of hydrogen-bond acceptors (Lipinski definition) is 3. The van der Waals surface area contributed by atoms with Crippen molar-refractivity contribution in [2.75, 3.05) is 6.54 Å². The van der Waals surface area contributed by atoms with Crippen LogP contribution in [0.3, 0.4) is 0 Å². The van der Waals surface area contributed by atoms with Crippen molar-refractivity contribution in [2.24, 2.45) is 0 Å². The first kappa shape index (κ1) is 14.5. The summed E-state index contributed by atoms with van der Waals surface area (Å²) in [5.41, 5.74) is 1.13. The van der Waals surface area contributed by atoms with Crippen LogP contribution in [0, 0.1) is 0 Å². The monoisotopic (exact) mass is 287 g/mol. The fourth-order valence-corrected chi connectivity index (χ4v) is 3.84. The van der Waals surface area contributed by atoms with Crippen LogP contribution in [-0.2, 0) is 11.2 Å². The third kappa shape index (κ3) is 3.82. The predicted molar refractivity (Wildman–Crippen MR) is 82.9 cm³/mol. The third-order valence-corrected chi connectivity index (χ3v) is 4.87. The minimum Gasteiger partial charge on any atom is -0.353 e. The molecule has 1 aliphatic heterocycles. The zero-order valence-corrected chi connectivity index (χ0v) is 12.6. The Bertz CT molecular complexity index is 463. The topological polar surface area (TPSA) is 54.0 Å². The van der Waals surface area contributed by atoms with Crippen LogP contribution in [0.25, 0.3) is 0 Å². The lowest BCUT2D eigenvalue weighted by Gasteiger charge is -2.44. The Morgan fingerprint density at radius 3 is 2.95 bits per heavy atom. The lowest BCUT2D eigenvalue weighted by molar-refractivity contribution is -0.121. The quantitative estimate of drug-likeness (QED) is 0.896. The fourth-order valence-electron chi connectivity index (χ4n) is 3.84. The standard InChI is InChI=1S/C17H25N3O/c21-16(12-14-6-2-5-10-18-14)20-15-7-11-19-17(13-15)8-3-1-4-9-17/h2,5-6,10,15,19H,1,3-4,7-9,11-13H2,(H,20,21). The van der Waals surface area contributed by atoms with Gasteiger partial charge in [-0.3, -0.25) is 9.78 Å². The first-order valence-electron chi connectivity index (χ1n) is 8.20. The van der Waals surface area contributed by atoms with Crippen LogP contribution in [-0.4, -0.2) is 29.0 Å². The summed E-state index contributed by atoms with van der Waals surface area (Å²) in [6.45, 7) is 1.02. The molecule has 0 aromatic carbocycles. The Labute approximate surface area is 126 Å².